The molecule has 0 bridgehead atoms. The van der Waals surface area contributed by atoms with Crippen molar-refractivity contribution in [2.45, 2.75) is 30.3 Å². The molecule has 1 aromatic carbocycles. The summed E-state index contributed by atoms with van der Waals surface area (Å²) in [6.45, 7) is 1.57. The van der Waals surface area contributed by atoms with E-state index in [9.17, 15) is 8.42 Å². The standard InChI is InChI=1S/C18H22N2O3S/c21-24(22,18-9-4-11-19-14-18)20-12-10-17(15-20)23-13-5-8-16-6-2-1-3-7-16/h1-4,6-7,9,11,14,17H,5,8,10,12-13,15H2/t17-/m0/s1. The second-order valence-corrected chi connectivity index (χ2v) is 7.86. The predicted molar refractivity (Wildman–Crippen MR) is 92.1 cm³/mol. The van der Waals surface area contributed by atoms with Gasteiger partial charge in [-0.15, -0.1) is 0 Å². The van der Waals surface area contributed by atoms with Crippen molar-refractivity contribution in [2.75, 3.05) is 19.7 Å². The lowest BCUT2D eigenvalue weighted by Gasteiger charge is -2.16. The van der Waals surface area contributed by atoms with Crippen LogP contribution in [0, 0.1) is 0 Å². The van der Waals surface area contributed by atoms with Gasteiger partial charge >= 0.3 is 0 Å². The largest absolute Gasteiger partial charge is 0.377 e. The van der Waals surface area contributed by atoms with Gasteiger partial charge in [0.05, 0.1) is 6.10 Å². The fourth-order valence-electron chi connectivity index (χ4n) is 2.87. The maximum Gasteiger partial charge on any atom is 0.244 e. The summed E-state index contributed by atoms with van der Waals surface area (Å²) in [5.74, 6) is 0. The minimum absolute atomic E-state index is 0.0211. The number of hydrogen-bond acceptors (Lipinski definition) is 4. The quantitative estimate of drug-likeness (QED) is 0.723. The molecule has 1 fully saturated rings. The Hall–Kier alpha value is -1.76. The number of aromatic nitrogens is 1. The fraction of sp³-hybridized carbons (Fsp3) is 0.389. The Morgan fingerprint density at radius 2 is 2.00 bits per heavy atom. The molecule has 6 heteroatoms. The predicted octanol–water partition coefficient (Wildman–Crippen LogP) is 2.49. The number of aryl methyl sites for hydroxylation is 1. The van der Waals surface area contributed by atoms with Gasteiger partial charge in [0.15, 0.2) is 0 Å². The van der Waals surface area contributed by atoms with Crippen molar-refractivity contribution in [3.8, 4) is 0 Å². The molecule has 2 aromatic rings. The Morgan fingerprint density at radius 1 is 1.17 bits per heavy atom. The molecule has 3 rings (SSSR count). The van der Waals surface area contributed by atoms with E-state index < -0.39 is 10.0 Å². The van der Waals surface area contributed by atoms with Crippen LogP contribution >= 0.6 is 0 Å². The van der Waals surface area contributed by atoms with Crippen molar-refractivity contribution >= 4 is 10.0 Å². The molecular weight excluding hydrogens is 324 g/mol. The molecule has 128 valence electrons. The summed E-state index contributed by atoms with van der Waals surface area (Å²) >= 11 is 0. The number of ether oxygens (including phenoxy) is 1. The highest BCUT2D eigenvalue weighted by molar-refractivity contribution is 7.89. The molecule has 0 amide bonds. The van der Waals surface area contributed by atoms with Crippen molar-refractivity contribution in [1.82, 2.24) is 9.29 Å². The average Bonchev–Trinajstić information content (AvgIpc) is 3.10. The Balaban J connectivity index is 1.46. The summed E-state index contributed by atoms with van der Waals surface area (Å²) in [6, 6.07) is 13.5. The molecule has 1 atom stereocenters. The van der Waals surface area contributed by atoms with Crippen LogP contribution < -0.4 is 0 Å². The van der Waals surface area contributed by atoms with Crippen LogP contribution in [0.3, 0.4) is 0 Å². The normalized spacial score (nSPS) is 18.8. The van der Waals surface area contributed by atoms with Gasteiger partial charge < -0.3 is 4.74 Å². The molecule has 1 aliphatic rings. The van der Waals surface area contributed by atoms with Crippen LogP contribution in [0.25, 0.3) is 0 Å². The van der Waals surface area contributed by atoms with E-state index in [1.807, 2.05) is 18.2 Å². The zero-order chi connectivity index (χ0) is 16.8. The first-order valence-corrected chi connectivity index (χ1v) is 9.66. The van der Waals surface area contributed by atoms with Crippen LogP contribution in [0.15, 0.2) is 59.8 Å². The van der Waals surface area contributed by atoms with Gasteiger partial charge in [-0.25, -0.2) is 8.42 Å². The monoisotopic (exact) mass is 346 g/mol. The topological polar surface area (TPSA) is 59.5 Å². The van der Waals surface area contributed by atoms with E-state index in [0.717, 1.165) is 19.3 Å². The highest BCUT2D eigenvalue weighted by Crippen LogP contribution is 2.22. The zero-order valence-electron chi connectivity index (χ0n) is 13.5. The molecule has 0 aliphatic carbocycles. The van der Waals surface area contributed by atoms with E-state index in [1.54, 1.807) is 18.3 Å². The van der Waals surface area contributed by atoms with Gasteiger partial charge in [0.2, 0.25) is 10.0 Å². The molecule has 1 saturated heterocycles. The molecule has 5 nitrogen and oxygen atoms in total. The van der Waals surface area contributed by atoms with E-state index in [0.29, 0.717) is 19.7 Å². The van der Waals surface area contributed by atoms with Gasteiger partial charge in [-0.1, -0.05) is 30.3 Å². The van der Waals surface area contributed by atoms with E-state index in [-0.39, 0.29) is 11.0 Å². The Bertz CT molecular complexity index is 735. The van der Waals surface area contributed by atoms with Crippen molar-refractivity contribution in [3.05, 3.63) is 60.4 Å². The smallest absolute Gasteiger partial charge is 0.244 e. The maximum atomic E-state index is 12.5. The number of pyridine rings is 1. The third-order valence-electron chi connectivity index (χ3n) is 4.19. The highest BCUT2D eigenvalue weighted by Gasteiger charge is 2.32. The van der Waals surface area contributed by atoms with Crippen molar-refractivity contribution in [2.24, 2.45) is 0 Å². The van der Waals surface area contributed by atoms with Gasteiger partial charge in [-0.2, -0.15) is 4.31 Å². The summed E-state index contributed by atoms with van der Waals surface area (Å²) in [7, 11) is -3.45. The van der Waals surface area contributed by atoms with Crippen molar-refractivity contribution in [1.29, 1.82) is 0 Å². The van der Waals surface area contributed by atoms with Crippen molar-refractivity contribution < 1.29 is 13.2 Å². The zero-order valence-corrected chi connectivity index (χ0v) is 14.4. The SMILES string of the molecule is O=S(=O)(c1cccnc1)N1CC[C@H](OCCCc2ccccc2)C1. The molecule has 24 heavy (non-hydrogen) atoms. The minimum Gasteiger partial charge on any atom is -0.377 e. The minimum atomic E-state index is -3.45. The summed E-state index contributed by atoms with van der Waals surface area (Å²) in [4.78, 5) is 4.14. The first-order valence-electron chi connectivity index (χ1n) is 8.22. The Morgan fingerprint density at radius 3 is 2.75 bits per heavy atom. The Labute approximate surface area is 143 Å². The van der Waals surface area contributed by atoms with Gasteiger partial charge in [0.1, 0.15) is 4.90 Å². The second kappa shape index (κ2) is 7.88. The molecule has 1 aromatic heterocycles. The van der Waals surface area contributed by atoms with Crippen LogP contribution in [0.5, 0.6) is 0 Å². The van der Waals surface area contributed by atoms with Gasteiger partial charge in [0, 0.05) is 32.1 Å². The molecule has 0 radical (unpaired) electrons. The molecule has 1 aliphatic heterocycles. The first-order chi connectivity index (χ1) is 11.7. The average molecular weight is 346 g/mol. The highest BCUT2D eigenvalue weighted by atomic mass is 32.2. The van der Waals surface area contributed by atoms with E-state index in [4.69, 9.17) is 4.74 Å². The number of nitrogens with zero attached hydrogens (tertiary/aromatic N) is 2. The van der Waals surface area contributed by atoms with E-state index in [1.165, 1.54) is 16.1 Å². The van der Waals surface area contributed by atoms with Crippen LogP contribution in [-0.2, 0) is 21.2 Å². The number of sulfonamides is 1. The third kappa shape index (κ3) is 4.20. The number of benzene rings is 1. The molecule has 2 heterocycles. The number of rotatable bonds is 7. The van der Waals surface area contributed by atoms with Crippen LogP contribution in [0.4, 0.5) is 0 Å². The lowest BCUT2D eigenvalue weighted by molar-refractivity contribution is 0.0621. The summed E-state index contributed by atoms with van der Waals surface area (Å²) in [5, 5.41) is 0. The molecule has 0 unspecified atom stereocenters. The molecule has 0 N–H and O–H groups in total. The third-order valence-corrected chi connectivity index (χ3v) is 6.03. The summed E-state index contributed by atoms with van der Waals surface area (Å²) < 4.78 is 32.4. The molecule has 0 saturated carbocycles. The lowest BCUT2D eigenvalue weighted by Crippen LogP contribution is -2.30. The Kier molecular flexibility index (Phi) is 5.60. The molecule has 0 spiro atoms. The van der Waals surface area contributed by atoms with E-state index in [2.05, 4.69) is 17.1 Å². The fourth-order valence-corrected chi connectivity index (χ4v) is 4.32. The second-order valence-electron chi connectivity index (χ2n) is 5.92. The van der Waals surface area contributed by atoms with Gasteiger partial charge in [-0.3, -0.25) is 4.98 Å². The maximum absolute atomic E-state index is 12.5. The van der Waals surface area contributed by atoms with Crippen LogP contribution in [-0.4, -0.2) is 43.5 Å². The first kappa shape index (κ1) is 17.1. The lowest BCUT2D eigenvalue weighted by atomic mass is 10.1. The molecular formula is C18H22N2O3S. The van der Waals surface area contributed by atoms with E-state index >= 15 is 0 Å². The van der Waals surface area contributed by atoms with Gasteiger partial charge in [0.25, 0.3) is 0 Å². The summed E-state index contributed by atoms with van der Waals surface area (Å²) in [5.41, 5.74) is 1.30. The van der Waals surface area contributed by atoms with Crippen molar-refractivity contribution in [3.63, 3.8) is 0 Å². The van der Waals surface area contributed by atoms with Crippen LogP contribution in [0.1, 0.15) is 18.4 Å². The van der Waals surface area contributed by atoms with Gasteiger partial charge in [-0.05, 0) is 37.0 Å². The van der Waals surface area contributed by atoms with Crippen LogP contribution in [0.2, 0.25) is 0 Å². The summed E-state index contributed by atoms with van der Waals surface area (Å²) in [6.07, 6.45) is 5.60. The number of hydrogen-bond donors (Lipinski definition) is 0.